The quantitative estimate of drug-likeness (QED) is 0.636. The molecular weight excluding hydrogens is 276 g/mol. The molecule has 1 amide bonds. The minimum atomic E-state index is -0.937. The average Bonchev–Trinajstić information content (AvgIpc) is 2.36. The summed E-state index contributed by atoms with van der Waals surface area (Å²) in [6.45, 7) is 1.60. The van der Waals surface area contributed by atoms with E-state index in [2.05, 4.69) is 5.32 Å². The largest absolute Gasteiger partial charge is 0.481 e. The molecule has 2 rings (SSSR count). The van der Waals surface area contributed by atoms with Gasteiger partial charge in [0.25, 0.3) is 11.6 Å². The molecule has 1 aliphatic carbocycles. The number of hydrogen-bond donors (Lipinski definition) is 2. The molecular formula is C14H16N2O5. The van der Waals surface area contributed by atoms with E-state index in [4.69, 9.17) is 0 Å². The van der Waals surface area contributed by atoms with E-state index in [9.17, 15) is 24.8 Å². The van der Waals surface area contributed by atoms with Crippen LogP contribution in [0.25, 0.3) is 0 Å². The number of carbonyl (C=O) groups is 2. The molecule has 0 bridgehead atoms. The highest BCUT2D eigenvalue weighted by Gasteiger charge is 2.44. The molecule has 1 aliphatic rings. The first-order valence-electron chi connectivity index (χ1n) is 6.63. The number of nitrogens with zero attached hydrogens (tertiary/aromatic N) is 1. The van der Waals surface area contributed by atoms with E-state index in [0.717, 1.165) is 6.42 Å². The molecule has 1 fully saturated rings. The summed E-state index contributed by atoms with van der Waals surface area (Å²) >= 11 is 0. The molecule has 112 valence electrons. The second-order valence-electron chi connectivity index (χ2n) is 5.35. The Morgan fingerprint density at radius 1 is 1.43 bits per heavy atom. The molecule has 0 atom stereocenters. The second-order valence-corrected chi connectivity index (χ2v) is 5.35. The lowest BCUT2D eigenvalue weighted by Crippen LogP contribution is -2.47. The summed E-state index contributed by atoms with van der Waals surface area (Å²) in [5.41, 5.74) is -0.722. The SMILES string of the molecule is Cc1cccc([N+](=O)[O-])c1C(=O)NCC1(C(=O)O)CCC1. The summed E-state index contributed by atoms with van der Waals surface area (Å²) in [4.78, 5) is 33.8. The topological polar surface area (TPSA) is 110 Å². The average molecular weight is 292 g/mol. The van der Waals surface area contributed by atoms with Crippen molar-refractivity contribution in [1.29, 1.82) is 0 Å². The van der Waals surface area contributed by atoms with Crippen LogP contribution >= 0.6 is 0 Å². The maximum Gasteiger partial charge on any atom is 0.311 e. The van der Waals surface area contributed by atoms with Crippen molar-refractivity contribution >= 4 is 17.6 Å². The molecule has 0 heterocycles. The summed E-state index contributed by atoms with van der Waals surface area (Å²) < 4.78 is 0. The van der Waals surface area contributed by atoms with E-state index in [1.165, 1.54) is 12.1 Å². The predicted octanol–water partition coefficient (Wildman–Crippen LogP) is 1.89. The maximum absolute atomic E-state index is 12.2. The number of aliphatic carboxylic acids is 1. The van der Waals surface area contributed by atoms with Crippen LogP contribution in [0.15, 0.2) is 18.2 Å². The van der Waals surface area contributed by atoms with Gasteiger partial charge in [-0.3, -0.25) is 19.7 Å². The van der Waals surface area contributed by atoms with E-state index in [1.807, 2.05) is 0 Å². The number of hydrogen-bond acceptors (Lipinski definition) is 4. The van der Waals surface area contributed by atoms with Crippen molar-refractivity contribution in [1.82, 2.24) is 5.32 Å². The zero-order valence-corrected chi connectivity index (χ0v) is 11.6. The third kappa shape index (κ3) is 2.72. The highest BCUT2D eigenvalue weighted by molar-refractivity contribution is 5.99. The smallest absolute Gasteiger partial charge is 0.311 e. The van der Waals surface area contributed by atoms with Gasteiger partial charge in [-0.2, -0.15) is 0 Å². The van der Waals surface area contributed by atoms with Crippen molar-refractivity contribution in [3.8, 4) is 0 Å². The van der Waals surface area contributed by atoms with Crippen LogP contribution in [0.3, 0.4) is 0 Å². The van der Waals surface area contributed by atoms with Crippen molar-refractivity contribution in [3.63, 3.8) is 0 Å². The van der Waals surface area contributed by atoms with Crippen molar-refractivity contribution in [3.05, 3.63) is 39.4 Å². The normalized spacial score (nSPS) is 15.9. The Morgan fingerprint density at radius 3 is 2.57 bits per heavy atom. The van der Waals surface area contributed by atoms with E-state index < -0.39 is 22.2 Å². The number of amides is 1. The molecule has 1 aromatic carbocycles. The molecule has 0 saturated heterocycles. The lowest BCUT2D eigenvalue weighted by atomic mass is 9.69. The summed E-state index contributed by atoms with van der Waals surface area (Å²) in [6.07, 6.45) is 1.84. The molecule has 0 spiro atoms. The first kappa shape index (κ1) is 15.0. The number of benzene rings is 1. The fourth-order valence-electron chi connectivity index (χ4n) is 2.51. The molecule has 1 aromatic rings. The first-order chi connectivity index (χ1) is 9.87. The molecule has 2 N–H and O–H groups in total. The predicted molar refractivity (Wildman–Crippen MR) is 74.1 cm³/mol. The highest BCUT2D eigenvalue weighted by Crippen LogP contribution is 2.40. The van der Waals surface area contributed by atoms with Crippen molar-refractivity contribution in [2.45, 2.75) is 26.2 Å². The van der Waals surface area contributed by atoms with Crippen molar-refractivity contribution in [2.75, 3.05) is 6.54 Å². The van der Waals surface area contributed by atoms with Gasteiger partial charge in [0.1, 0.15) is 5.56 Å². The Bertz CT molecular complexity index is 607. The Hall–Kier alpha value is -2.44. The molecule has 0 aromatic heterocycles. The van der Waals surface area contributed by atoms with Gasteiger partial charge in [-0.1, -0.05) is 18.6 Å². The fourth-order valence-corrected chi connectivity index (χ4v) is 2.51. The van der Waals surface area contributed by atoms with Crippen LogP contribution in [0.2, 0.25) is 0 Å². The third-order valence-electron chi connectivity index (χ3n) is 4.03. The van der Waals surface area contributed by atoms with E-state index in [-0.39, 0.29) is 17.8 Å². The number of carbonyl (C=O) groups excluding carboxylic acids is 1. The highest BCUT2D eigenvalue weighted by atomic mass is 16.6. The maximum atomic E-state index is 12.2. The van der Waals surface area contributed by atoms with Crippen LogP contribution in [0.4, 0.5) is 5.69 Å². The summed E-state index contributed by atoms with van der Waals surface area (Å²) in [7, 11) is 0. The molecule has 7 nitrogen and oxygen atoms in total. The van der Waals surface area contributed by atoms with Crippen molar-refractivity contribution < 1.29 is 19.6 Å². The molecule has 21 heavy (non-hydrogen) atoms. The van der Waals surface area contributed by atoms with Crippen LogP contribution in [0.5, 0.6) is 0 Å². The van der Waals surface area contributed by atoms with Gasteiger partial charge >= 0.3 is 5.97 Å². The van der Waals surface area contributed by atoms with Gasteiger partial charge in [-0.15, -0.1) is 0 Å². The summed E-state index contributed by atoms with van der Waals surface area (Å²) in [5.74, 6) is -1.54. The van der Waals surface area contributed by atoms with Gasteiger partial charge in [0.05, 0.1) is 10.3 Å². The fraction of sp³-hybridized carbons (Fsp3) is 0.429. The number of nitro benzene ring substituents is 1. The summed E-state index contributed by atoms with van der Waals surface area (Å²) in [6, 6.07) is 4.38. The Balaban J connectivity index is 2.18. The van der Waals surface area contributed by atoms with E-state index >= 15 is 0 Å². The van der Waals surface area contributed by atoms with Crippen molar-refractivity contribution in [2.24, 2.45) is 5.41 Å². The monoisotopic (exact) mass is 292 g/mol. The van der Waals surface area contributed by atoms with Gasteiger partial charge in [-0.05, 0) is 25.3 Å². The lowest BCUT2D eigenvalue weighted by Gasteiger charge is -2.37. The van der Waals surface area contributed by atoms with Crippen LogP contribution in [-0.4, -0.2) is 28.5 Å². The van der Waals surface area contributed by atoms with Gasteiger partial charge in [0.15, 0.2) is 0 Å². The number of rotatable bonds is 5. The number of nitrogens with one attached hydrogen (secondary N) is 1. The molecule has 7 heteroatoms. The lowest BCUT2D eigenvalue weighted by molar-refractivity contribution is -0.385. The number of aryl methyl sites for hydroxylation is 1. The van der Waals surface area contributed by atoms with Crippen LogP contribution in [0.1, 0.15) is 35.2 Å². The number of carboxylic acid groups (broad SMARTS) is 1. The Morgan fingerprint density at radius 2 is 2.10 bits per heavy atom. The number of carboxylic acids is 1. The van der Waals surface area contributed by atoms with Crippen LogP contribution in [-0.2, 0) is 4.79 Å². The molecule has 0 unspecified atom stereocenters. The Labute approximate surface area is 121 Å². The second kappa shape index (κ2) is 5.51. The van der Waals surface area contributed by atoms with Gasteiger partial charge in [0, 0.05) is 12.6 Å². The zero-order valence-electron chi connectivity index (χ0n) is 11.6. The molecule has 0 aliphatic heterocycles. The van der Waals surface area contributed by atoms with Crippen LogP contribution < -0.4 is 5.32 Å². The van der Waals surface area contributed by atoms with Gasteiger partial charge in [0.2, 0.25) is 0 Å². The van der Waals surface area contributed by atoms with E-state index in [0.29, 0.717) is 18.4 Å². The standard InChI is InChI=1S/C14H16N2O5/c1-9-4-2-5-10(16(20)21)11(9)12(17)15-8-14(13(18)19)6-3-7-14/h2,4-5H,3,6-8H2,1H3,(H,15,17)(H,18,19). The van der Waals surface area contributed by atoms with Crippen LogP contribution in [0, 0.1) is 22.5 Å². The minimum Gasteiger partial charge on any atom is -0.481 e. The minimum absolute atomic E-state index is 0.00729. The van der Waals surface area contributed by atoms with E-state index in [1.54, 1.807) is 13.0 Å². The first-order valence-corrected chi connectivity index (χ1v) is 6.63. The van der Waals surface area contributed by atoms with Gasteiger partial charge in [-0.25, -0.2) is 0 Å². The number of nitro groups is 1. The third-order valence-corrected chi connectivity index (χ3v) is 4.03. The zero-order chi connectivity index (χ0) is 15.6. The summed E-state index contributed by atoms with van der Waals surface area (Å²) in [5, 5.41) is 22.7. The molecule has 0 radical (unpaired) electrons. The Kier molecular flexibility index (Phi) is 3.93. The van der Waals surface area contributed by atoms with Gasteiger partial charge < -0.3 is 10.4 Å². The molecule has 1 saturated carbocycles.